The number of allylic oxidation sites excluding steroid dienone is 2. The molecule has 0 atom stereocenters. The van der Waals surface area contributed by atoms with Crippen molar-refractivity contribution in [1.82, 2.24) is 4.90 Å². The second-order valence-electron chi connectivity index (χ2n) is 10.2. The topological polar surface area (TPSA) is 3.24 Å². The number of hydrogen-bond acceptors (Lipinski definition) is 1. The lowest BCUT2D eigenvalue weighted by Crippen LogP contribution is -2.46. The fourth-order valence-electron chi connectivity index (χ4n) is 7.44. The standard InChI is InChI=1S/C26H37N.ClH/c1-3-9-24(10-4-1)25(11-5-8-14-27-12-6-2-7-13-27)26-18-21-15-22(19-26)17-23(16-21)20-26;/h1,3-4,9-11,21-23H,2,5-8,12-20H2;1H/b25-11+;. The monoisotopic (exact) mass is 399 g/mol. The molecule has 1 nitrogen and oxygen atoms in total. The highest BCUT2D eigenvalue weighted by atomic mass is 35.5. The van der Waals surface area contributed by atoms with Gasteiger partial charge in [0.1, 0.15) is 0 Å². The molecular weight excluding hydrogens is 362 g/mol. The molecule has 6 rings (SSSR count). The molecule has 0 amide bonds. The zero-order valence-electron chi connectivity index (χ0n) is 17.5. The van der Waals surface area contributed by atoms with E-state index in [9.17, 15) is 0 Å². The minimum absolute atomic E-state index is 0. The lowest BCUT2D eigenvalue weighted by atomic mass is 9.47. The van der Waals surface area contributed by atoms with Crippen LogP contribution in [0.2, 0.25) is 0 Å². The number of rotatable bonds is 6. The van der Waals surface area contributed by atoms with Gasteiger partial charge in [0, 0.05) is 0 Å². The summed E-state index contributed by atoms with van der Waals surface area (Å²) in [5, 5.41) is 0. The number of piperidine rings is 1. The van der Waals surface area contributed by atoms with Gasteiger partial charge in [-0.05, 0) is 118 Å². The fourth-order valence-corrected chi connectivity index (χ4v) is 7.44. The number of benzene rings is 1. The molecule has 1 saturated heterocycles. The van der Waals surface area contributed by atoms with Crippen molar-refractivity contribution in [2.75, 3.05) is 19.6 Å². The summed E-state index contributed by atoms with van der Waals surface area (Å²) in [6, 6.07) is 11.4. The van der Waals surface area contributed by atoms with Gasteiger partial charge in [0.2, 0.25) is 0 Å². The first-order valence-corrected chi connectivity index (χ1v) is 11.8. The van der Waals surface area contributed by atoms with Crippen molar-refractivity contribution in [2.24, 2.45) is 23.2 Å². The molecule has 0 radical (unpaired) electrons. The van der Waals surface area contributed by atoms with Crippen molar-refractivity contribution in [3.8, 4) is 0 Å². The number of halogens is 1. The first kappa shape index (κ1) is 20.5. The molecule has 1 aromatic rings. The van der Waals surface area contributed by atoms with E-state index in [-0.39, 0.29) is 12.4 Å². The van der Waals surface area contributed by atoms with Crippen LogP contribution in [0.1, 0.15) is 76.2 Å². The number of likely N-dealkylation sites (tertiary alicyclic amines) is 1. The third kappa shape index (κ3) is 4.21. The molecule has 5 fully saturated rings. The molecule has 28 heavy (non-hydrogen) atoms. The van der Waals surface area contributed by atoms with Crippen molar-refractivity contribution < 1.29 is 0 Å². The Balaban J connectivity index is 0.00000192. The van der Waals surface area contributed by atoms with Crippen LogP contribution >= 0.6 is 12.4 Å². The zero-order valence-corrected chi connectivity index (χ0v) is 18.3. The molecular formula is C26H38ClN. The van der Waals surface area contributed by atoms with Crippen LogP contribution in [0.4, 0.5) is 0 Å². The Morgan fingerprint density at radius 1 is 0.893 bits per heavy atom. The molecule has 154 valence electrons. The average molecular weight is 400 g/mol. The summed E-state index contributed by atoms with van der Waals surface area (Å²) < 4.78 is 0. The Morgan fingerprint density at radius 2 is 1.50 bits per heavy atom. The SMILES string of the molecule is C(/CCCN1CCCCC1)=C(/c1ccccc1)C12CC3CC(CC(C3)C1)C2.Cl. The second-order valence-corrected chi connectivity index (χ2v) is 10.2. The van der Waals surface area contributed by atoms with Crippen molar-refractivity contribution in [3.05, 3.63) is 42.0 Å². The molecule has 5 aliphatic rings. The Hall–Kier alpha value is -0.790. The van der Waals surface area contributed by atoms with Gasteiger partial charge in [0.15, 0.2) is 0 Å². The Morgan fingerprint density at radius 3 is 2.11 bits per heavy atom. The van der Waals surface area contributed by atoms with Gasteiger partial charge in [-0.15, -0.1) is 12.4 Å². The molecule has 2 heteroatoms. The minimum Gasteiger partial charge on any atom is -0.303 e. The molecule has 0 unspecified atom stereocenters. The highest BCUT2D eigenvalue weighted by Gasteiger charge is 2.52. The maximum atomic E-state index is 2.70. The van der Waals surface area contributed by atoms with Gasteiger partial charge in [-0.25, -0.2) is 0 Å². The normalized spacial score (nSPS) is 35.0. The molecule has 4 saturated carbocycles. The smallest absolute Gasteiger partial charge is 0.00158 e. The summed E-state index contributed by atoms with van der Waals surface area (Å²) in [7, 11) is 0. The van der Waals surface area contributed by atoms with Crippen LogP contribution in [0.15, 0.2) is 36.4 Å². The van der Waals surface area contributed by atoms with E-state index >= 15 is 0 Å². The van der Waals surface area contributed by atoms with Gasteiger partial charge in [0.05, 0.1) is 0 Å². The van der Waals surface area contributed by atoms with Crippen molar-refractivity contribution in [3.63, 3.8) is 0 Å². The number of nitrogens with zero attached hydrogens (tertiary/aromatic N) is 1. The van der Waals surface area contributed by atoms with Crippen LogP contribution in [0, 0.1) is 23.2 Å². The Bertz CT molecular complexity index is 623. The van der Waals surface area contributed by atoms with Gasteiger partial charge in [0.25, 0.3) is 0 Å². The van der Waals surface area contributed by atoms with E-state index in [0.29, 0.717) is 5.41 Å². The van der Waals surface area contributed by atoms with E-state index < -0.39 is 0 Å². The van der Waals surface area contributed by atoms with Gasteiger partial charge in [-0.1, -0.05) is 42.8 Å². The van der Waals surface area contributed by atoms with Gasteiger partial charge in [-0.3, -0.25) is 0 Å². The molecule has 0 N–H and O–H groups in total. The highest BCUT2D eigenvalue weighted by molar-refractivity contribution is 5.85. The van der Waals surface area contributed by atoms with Crippen LogP contribution < -0.4 is 0 Å². The molecule has 1 aliphatic heterocycles. The lowest BCUT2D eigenvalue weighted by molar-refractivity contribution is -0.0178. The quantitative estimate of drug-likeness (QED) is 0.466. The largest absolute Gasteiger partial charge is 0.303 e. The first-order valence-electron chi connectivity index (χ1n) is 11.8. The summed E-state index contributed by atoms with van der Waals surface area (Å²) in [5.74, 6) is 3.07. The average Bonchev–Trinajstić information content (AvgIpc) is 2.68. The summed E-state index contributed by atoms with van der Waals surface area (Å²) >= 11 is 0. The van der Waals surface area contributed by atoms with Gasteiger partial charge >= 0.3 is 0 Å². The lowest BCUT2D eigenvalue weighted by Gasteiger charge is -2.58. The van der Waals surface area contributed by atoms with E-state index in [0.717, 1.165) is 17.8 Å². The first-order chi connectivity index (χ1) is 13.3. The van der Waals surface area contributed by atoms with E-state index in [1.165, 1.54) is 95.8 Å². The Labute approximate surface area is 178 Å². The molecule has 4 bridgehead atoms. The molecule has 1 heterocycles. The third-order valence-electron chi connectivity index (χ3n) is 8.17. The molecule has 0 spiro atoms. The van der Waals surface area contributed by atoms with Crippen molar-refractivity contribution in [2.45, 2.75) is 70.6 Å². The predicted molar refractivity (Wildman–Crippen MR) is 122 cm³/mol. The fraction of sp³-hybridized carbons (Fsp3) is 0.692. The van der Waals surface area contributed by atoms with E-state index in [1.807, 2.05) is 0 Å². The van der Waals surface area contributed by atoms with Crippen LogP contribution in [-0.4, -0.2) is 24.5 Å². The van der Waals surface area contributed by atoms with Gasteiger partial charge < -0.3 is 4.90 Å². The van der Waals surface area contributed by atoms with Crippen molar-refractivity contribution >= 4 is 18.0 Å². The maximum absolute atomic E-state index is 2.70. The molecule has 0 aromatic heterocycles. The van der Waals surface area contributed by atoms with Crippen LogP contribution in [-0.2, 0) is 0 Å². The summed E-state index contributed by atoms with van der Waals surface area (Å²) in [4.78, 5) is 2.70. The summed E-state index contributed by atoms with van der Waals surface area (Å²) in [6.07, 6.45) is 18.6. The minimum atomic E-state index is 0. The third-order valence-corrected chi connectivity index (χ3v) is 8.17. The second kappa shape index (κ2) is 8.92. The highest BCUT2D eigenvalue weighted by Crippen LogP contribution is 2.64. The van der Waals surface area contributed by atoms with Crippen LogP contribution in [0.25, 0.3) is 5.57 Å². The van der Waals surface area contributed by atoms with Crippen LogP contribution in [0.5, 0.6) is 0 Å². The zero-order chi connectivity index (χ0) is 18.1. The van der Waals surface area contributed by atoms with E-state index in [1.54, 1.807) is 5.57 Å². The molecule has 1 aromatic carbocycles. The molecule has 4 aliphatic carbocycles. The van der Waals surface area contributed by atoms with Gasteiger partial charge in [-0.2, -0.15) is 0 Å². The number of unbranched alkanes of at least 4 members (excludes halogenated alkanes) is 1. The summed E-state index contributed by atoms with van der Waals surface area (Å²) in [6.45, 7) is 3.98. The van der Waals surface area contributed by atoms with Crippen LogP contribution in [0.3, 0.4) is 0 Å². The summed E-state index contributed by atoms with van der Waals surface area (Å²) in [5.41, 5.74) is 3.78. The Kier molecular flexibility index (Phi) is 6.53. The van der Waals surface area contributed by atoms with Crippen molar-refractivity contribution in [1.29, 1.82) is 0 Å². The number of hydrogen-bond donors (Lipinski definition) is 0. The maximum Gasteiger partial charge on any atom is -0.00158 e. The van der Waals surface area contributed by atoms with E-state index in [4.69, 9.17) is 0 Å². The predicted octanol–water partition coefficient (Wildman–Crippen LogP) is 6.97. The van der Waals surface area contributed by atoms with E-state index in [2.05, 4.69) is 41.3 Å².